The van der Waals surface area contributed by atoms with Crippen molar-refractivity contribution < 1.29 is 9.15 Å². The number of hydrogen-bond donors (Lipinski definition) is 0. The fourth-order valence-corrected chi connectivity index (χ4v) is 3.18. The van der Waals surface area contributed by atoms with Crippen molar-refractivity contribution in [3.8, 4) is 0 Å². The van der Waals surface area contributed by atoms with Crippen LogP contribution >= 0.6 is 0 Å². The summed E-state index contributed by atoms with van der Waals surface area (Å²) in [6.07, 6.45) is 2.58. The van der Waals surface area contributed by atoms with Crippen LogP contribution in [0.2, 0.25) is 0 Å². The van der Waals surface area contributed by atoms with E-state index in [1.165, 1.54) is 0 Å². The molecule has 0 radical (unpaired) electrons. The Hall–Kier alpha value is -0.940. The summed E-state index contributed by atoms with van der Waals surface area (Å²) in [4.78, 5) is 2.46. The fraction of sp³-hybridized carbons (Fsp3) is 0.867. The standard InChI is InChI=1S/C15H27N3O2/c1-6-8-18(10-14-17-16-11(3)20-14)12-9-13(19-7-2)15(12,4)5/h12-13H,6-10H2,1-5H3/t12-,13+/m1/s1. The number of rotatable bonds is 7. The predicted octanol–water partition coefficient (Wildman–Crippen LogP) is 2.79. The second-order valence-corrected chi connectivity index (χ2v) is 6.20. The summed E-state index contributed by atoms with van der Waals surface area (Å²) in [5, 5.41) is 8.04. The molecular formula is C15H27N3O2. The first-order valence-electron chi connectivity index (χ1n) is 7.63. The highest BCUT2D eigenvalue weighted by molar-refractivity contribution is 5.04. The molecule has 0 spiro atoms. The maximum atomic E-state index is 5.83. The van der Waals surface area contributed by atoms with Gasteiger partial charge in [0.2, 0.25) is 11.8 Å². The van der Waals surface area contributed by atoms with Gasteiger partial charge in [0.05, 0.1) is 12.6 Å². The molecule has 5 heteroatoms. The van der Waals surface area contributed by atoms with Crippen molar-refractivity contribution in [3.05, 3.63) is 11.8 Å². The number of nitrogens with zero attached hydrogens (tertiary/aromatic N) is 3. The maximum absolute atomic E-state index is 5.83. The minimum atomic E-state index is 0.181. The van der Waals surface area contributed by atoms with Gasteiger partial charge < -0.3 is 9.15 Å². The highest BCUT2D eigenvalue weighted by Gasteiger charge is 2.51. The third-order valence-electron chi connectivity index (χ3n) is 4.35. The highest BCUT2D eigenvalue weighted by atomic mass is 16.5. The first-order valence-corrected chi connectivity index (χ1v) is 7.63. The van der Waals surface area contributed by atoms with Gasteiger partial charge in [-0.3, -0.25) is 4.90 Å². The van der Waals surface area contributed by atoms with Crippen LogP contribution in [-0.2, 0) is 11.3 Å². The minimum absolute atomic E-state index is 0.181. The van der Waals surface area contributed by atoms with Gasteiger partial charge in [0.25, 0.3) is 0 Å². The van der Waals surface area contributed by atoms with Gasteiger partial charge in [-0.25, -0.2) is 0 Å². The molecule has 114 valence electrons. The molecule has 1 aromatic heterocycles. The molecule has 0 aromatic carbocycles. The van der Waals surface area contributed by atoms with E-state index in [-0.39, 0.29) is 5.41 Å². The van der Waals surface area contributed by atoms with Gasteiger partial charge in [0, 0.05) is 25.0 Å². The predicted molar refractivity (Wildman–Crippen MR) is 77.3 cm³/mol. The van der Waals surface area contributed by atoms with Gasteiger partial charge in [-0.2, -0.15) is 0 Å². The Balaban J connectivity index is 2.02. The molecule has 20 heavy (non-hydrogen) atoms. The van der Waals surface area contributed by atoms with Crippen molar-refractivity contribution in [2.45, 2.75) is 66.2 Å². The van der Waals surface area contributed by atoms with Crippen LogP contribution in [0.15, 0.2) is 4.42 Å². The van der Waals surface area contributed by atoms with Gasteiger partial charge in [-0.05, 0) is 26.3 Å². The van der Waals surface area contributed by atoms with Gasteiger partial charge in [0.15, 0.2) is 0 Å². The van der Waals surface area contributed by atoms with E-state index in [4.69, 9.17) is 9.15 Å². The lowest BCUT2D eigenvalue weighted by molar-refractivity contribution is -0.152. The summed E-state index contributed by atoms with van der Waals surface area (Å²) in [7, 11) is 0. The van der Waals surface area contributed by atoms with Crippen molar-refractivity contribution in [1.82, 2.24) is 15.1 Å². The van der Waals surface area contributed by atoms with Crippen LogP contribution in [0.5, 0.6) is 0 Å². The molecule has 0 aliphatic heterocycles. The molecule has 0 amide bonds. The van der Waals surface area contributed by atoms with E-state index in [0.717, 1.165) is 32.5 Å². The van der Waals surface area contributed by atoms with Crippen LogP contribution in [0, 0.1) is 12.3 Å². The van der Waals surface area contributed by atoms with Crippen LogP contribution in [0.3, 0.4) is 0 Å². The fourth-order valence-electron chi connectivity index (χ4n) is 3.18. The topological polar surface area (TPSA) is 51.4 Å². The normalized spacial score (nSPS) is 24.9. The van der Waals surface area contributed by atoms with E-state index in [1.54, 1.807) is 0 Å². The van der Waals surface area contributed by atoms with Gasteiger partial charge in [0.1, 0.15) is 0 Å². The summed E-state index contributed by atoms with van der Waals surface area (Å²) in [6.45, 7) is 13.3. The molecular weight excluding hydrogens is 254 g/mol. The largest absolute Gasteiger partial charge is 0.424 e. The Morgan fingerprint density at radius 1 is 1.35 bits per heavy atom. The van der Waals surface area contributed by atoms with E-state index in [2.05, 4.69) is 42.8 Å². The van der Waals surface area contributed by atoms with Crippen LogP contribution in [0.25, 0.3) is 0 Å². The summed E-state index contributed by atoms with van der Waals surface area (Å²) in [6, 6.07) is 0.520. The van der Waals surface area contributed by atoms with Crippen LogP contribution in [-0.4, -0.2) is 40.4 Å². The van der Waals surface area contributed by atoms with E-state index in [9.17, 15) is 0 Å². The first-order chi connectivity index (χ1) is 9.48. The van der Waals surface area contributed by atoms with Gasteiger partial charge >= 0.3 is 0 Å². The Labute approximate surface area is 121 Å². The van der Waals surface area contributed by atoms with Crippen molar-refractivity contribution in [2.24, 2.45) is 5.41 Å². The van der Waals surface area contributed by atoms with E-state index in [1.807, 2.05) is 6.92 Å². The summed E-state index contributed by atoms with van der Waals surface area (Å²) in [5.41, 5.74) is 0.181. The van der Waals surface area contributed by atoms with Crippen molar-refractivity contribution in [3.63, 3.8) is 0 Å². The Kier molecular flexibility index (Phi) is 4.81. The smallest absolute Gasteiger partial charge is 0.230 e. The van der Waals surface area contributed by atoms with E-state index in [0.29, 0.717) is 23.9 Å². The minimum Gasteiger partial charge on any atom is -0.424 e. The Morgan fingerprint density at radius 3 is 2.60 bits per heavy atom. The molecule has 1 fully saturated rings. The number of aromatic nitrogens is 2. The summed E-state index contributed by atoms with van der Waals surface area (Å²) >= 11 is 0. The number of aryl methyl sites for hydroxylation is 1. The third-order valence-corrected chi connectivity index (χ3v) is 4.35. The third kappa shape index (κ3) is 3.04. The zero-order valence-electron chi connectivity index (χ0n) is 13.3. The molecule has 2 atom stereocenters. The lowest BCUT2D eigenvalue weighted by Gasteiger charge is -2.55. The Morgan fingerprint density at radius 2 is 2.10 bits per heavy atom. The zero-order chi connectivity index (χ0) is 14.8. The second-order valence-electron chi connectivity index (χ2n) is 6.20. The second kappa shape index (κ2) is 6.22. The van der Waals surface area contributed by atoms with Crippen LogP contribution in [0.1, 0.15) is 52.3 Å². The van der Waals surface area contributed by atoms with Crippen LogP contribution < -0.4 is 0 Å². The molecule has 0 saturated heterocycles. The van der Waals surface area contributed by atoms with Crippen LogP contribution in [0.4, 0.5) is 0 Å². The highest BCUT2D eigenvalue weighted by Crippen LogP contribution is 2.46. The molecule has 0 unspecified atom stereocenters. The Bertz CT molecular complexity index is 431. The zero-order valence-corrected chi connectivity index (χ0v) is 13.3. The quantitative estimate of drug-likeness (QED) is 0.769. The molecule has 1 aliphatic carbocycles. The lowest BCUT2D eigenvalue weighted by atomic mass is 9.63. The van der Waals surface area contributed by atoms with Crippen molar-refractivity contribution >= 4 is 0 Å². The summed E-state index contributed by atoms with van der Waals surface area (Å²) in [5.74, 6) is 1.35. The molecule has 1 heterocycles. The molecule has 0 bridgehead atoms. The maximum Gasteiger partial charge on any atom is 0.230 e. The first kappa shape index (κ1) is 15.4. The number of ether oxygens (including phenoxy) is 1. The summed E-state index contributed by atoms with van der Waals surface area (Å²) < 4.78 is 11.4. The van der Waals surface area contributed by atoms with E-state index < -0.39 is 0 Å². The number of hydrogen-bond acceptors (Lipinski definition) is 5. The monoisotopic (exact) mass is 281 g/mol. The molecule has 2 rings (SSSR count). The molecule has 1 aromatic rings. The lowest BCUT2D eigenvalue weighted by Crippen LogP contribution is -2.62. The van der Waals surface area contributed by atoms with Gasteiger partial charge in [-0.15, -0.1) is 10.2 Å². The molecule has 5 nitrogen and oxygen atoms in total. The van der Waals surface area contributed by atoms with E-state index >= 15 is 0 Å². The van der Waals surface area contributed by atoms with Crippen molar-refractivity contribution in [1.29, 1.82) is 0 Å². The average molecular weight is 281 g/mol. The molecule has 1 aliphatic rings. The van der Waals surface area contributed by atoms with Crippen molar-refractivity contribution in [2.75, 3.05) is 13.2 Å². The average Bonchev–Trinajstić information content (AvgIpc) is 2.79. The SMILES string of the molecule is CCCN(Cc1nnc(C)o1)[C@@H]1C[C@H](OCC)C1(C)C. The molecule has 1 saturated carbocycles. The molecule has 0 N–H and O–H groups in total. The van der Waals surface area contributed by atoms with Gasteiger partial charge in [-0.1, -0.05) is 20.8 Å².